The van der Waals surface area contributed by atoms with Crippen molar-refractivity contribution in [2.45, 2.75) is 32.5 Å². The Bertz CT molecular complexity index is 1350. The molecule has 0 aliphatic rings. The number of para-hydroxylation sites is 1. The smallest absolute Gasteiger partial charge is 0.348 e. The Balaban J connectivity index is 1.57. The van der Waals surface area contributed by atoms with Gasteiger partial charge in [-0.2, -0.15) is 0 Å². The van der Waals surface area contributed by atoms with Gasteiger partial charge in [-0.1, -0.05) is 55.5 Å². The number of esters is 1. The summed E-state index contributed by atoms with van der Waals surface area (Å²) in [5.41, 5.74) is 1.43. The minimum absolute atomic E-state index is 0.131. The summed E-state index contributed by atoms with van der Waals surface area (Å²) in [4.78, 5) is 35.7. The number of aliphatic hydroxyl groups is 1. The number of methoxy groups -OCH3 is 1. The van der Waals surface area contributed by atoms with Gasteiger partial charge in [-0.25, -0.2) is 9.78 Å². The molecule has 2 aromatic carbocycles. The number of aliphatic hydroxyl groups excluding tert-OH is 1. The van der Waals surface area contributed by atoms with Gasteiger partial charge in [0.25, 0.3) is 5.56 Å². The Morgan fingerprint density at radius 3 is 2.47 bits per heavy atom. The molecule has 188 valence electrons. The van der Waals surface area contributed by atoms with Gasteiger partial charge in [0.15, 0.2) is 0 Å². The summed E-state index contributed by atoms with van der Waals surface area (Å²) in [6, 6.07) is 19.2. The molecule has 2 heterocycles. The Hall–Kier alpha value is -3.53. The van der Waals surface area contributed by atoms with Crippen LogP contribution in [0.5, 0.6) is 5.75 Å². The van der Waals surface area contributed by atoms with E-state index in [4.69, 9.17) is 9.47 Å². The zero-order chi connectivity index (χ0) is 25.5. The molecule has 0 amide bonds. The van der Waals surface area contributed by atoms with Gasteiger partial charge >= 0.3 is 5.97 Å². The average Bonchev–Trinajstić information content (AvgIpc) is 3.27. The summed E-state index contributed by atoms with van der Waals surface area (Å²) in [6.07, 6.45) is -0.244. The summed E-state index contributed by atoms with van der Waals surface area (Å²) < 4.78 is 10.6. The maximum atomic E-state index is 13.0. The first kappa shape index (κ1) is 25.6. The monoisotopic (exact) mass is 507 g/mol. The van der Waals surface area contributed by atoms with E-state index in [-0.39, 0.29) is 12.2 Å². The molecule has 4 rings (SSSR count). The fourth-order valence-electron chi connectivity index (χ4n) is 4.08. The predicted molar refractivity (Wildman–Crippen MR) is 139 cm³/mol. The quantitative estimate of drug-likeness (QED) is 0.298. The fourth-order valence-corrected chi connectivity index (χ4v) is 5.28. The Kier molecular flexibility index (Phi) is 8.48. The number of rotatable bonds is 11. The van der Waals surface area contributed by atoms with Gasteiger partial charge in [-0.05, 0) is 29.7 Å². The summed E-state index contributed by atoms with van der Waals surface area (Å²) >= 11 is 1.17. The largest absolute Gasteiger partial charge is 0.491 e. The number of carbonyl (C=O) groups excluding carboxylic acids is 1. The maximum absolute atomic E-state index is 13.0. The van der Waals surface area contributed by atoms with Crippen LogP contribution in [-0.4, -0.2) is 52.3 Å². The van der Waals surface area contributed by atoms with Crippen LogP contribution >= 0.6 is 11.3 Å². The lowest BCUT2D eigenvalue weighted by molar-refractivity contribution is 0.0604. The molecule has 2 aromatic heterocycles. The third-order valence-corrected chi connectivity index (χ3v) is 6.82. The van der Waals surface area contributed by atoms with Crippen molar-refractivity contribution >= 4 is 27.5 Å². The lowest BCUT2D eigenvalue weighted by atomic mass is 10.1. The van der Waals surface area contributed by atoms with E-state index in [0.717, 1.165) is 5.56 Å². The standard InChI is InChI=1S/C27H29N3O5S/c1-3-21-23-25(32)28-22(29-26(23)36-24(21)27(33)34-2)16-30(14-18-10-6-4-7-11-18)15-19(31)17-35-20-12-8-5-9-13-20/h4-13,19,31H,3,14-17H2,1-2H3,(H,28,29,32)/t19-/m1/s1. The van der Waals surface area contributed by atoms with E-state index >= 15 is 0 Å². The van der Waals surface area contributed by atoms with E-state index in [1.165, 1.54) is 18.4 Å². The van der Waals surface area contributed by atoms with Crippen LogP contribution in [0.3, 0.4) is 0 Å². The number of benzene rings is 2. The predicted octanol–water partition coefficient (Wildman–Crippen LogP) is 3.78. The van der Waals surface area contributed by atoms with Gasteiger partial charge < -0.3 is 19.6 Å². The molecule has 0 radical (unpaired) electrons. The Morgan fingerprint density at radius 1 is 1.11 bits per heavy atom. The van der Waals surface area contributed by atoms with Crippen LogP contribution in [-0.2, 0) is 24.2 Å². The third-order valence-electron chi connectivity index (χ3n) is 5.71. The van der Waals surface area contributed by atoms with Crippen molar-refractivity contribution in [2.24, 2.45) is 0 Å². The van der Waals surface area contributed by atoms with E-state index in [0.29, 0.717) is 58.3 Å². The second-order valence-electron chi connectivity index (χ2n) is 8.38. The first-order valence-corrected chi connectivity index (χ1v) is 12.5. The first-order valence-electron chi connectivity index (χ1n) is 11.7. The van der Waals surface area contributed by atoms with Gasteiger partial charge in [0.1, 0.15) is 34.0 Å². The van der Waals surface area contributed by atoms with Crippen molar-refractivity contribution in [1.29, 1.82) is 0 Å². The molecule has 0 fully saturated rings. The normalized spacial score (nSPS) is 12.1. The summed E-state index contributed by atoms with van der Waals surface area (Å²) in [7, 11) is 1.32. The highest BCUT2D eigenvalue weighted by Crippen LogP contribution is 2.29. The topological polar surface area (TPSA) is 105 Å². The molecule has 0 saturated heterocycles. The molecule has 8 nitrogen and oxygen atoms in total. The zero-order valence-electron chi connectivity index (χ0n) is 20.3. The molecule has 0 saturated carbocycles. The maximum Gasteiger partial charge on any atom is 0.348 e. The highest BCUT2D eigenvalue weighted by atomic mass is 32.1. The zero-order valence-corrected chi connectivity index (χ0v) is 21.1. The number of aryl methyl sites for hydroxylation is 1. The van der Waals surface area contributed by atoms with Crippen LogP contribution in [0, 0.1) is 0 Å². The molecular weight excluding hydrogens is 478 g/mol. The van der Waals surface area contributed by atoms with Crippen molar-refractivity contribution in [1.82, 2.24) is 14.9 Å². The molecule has 4 aromatic rings. The third kappa shape index (κ3) is 6.17. The molecule has 2 N–H and O–H groups in total. The molecule has 1 atom stereocenters. The number of aromatic amines is 1. The second kappa shape index (κ2) is 11.9. The molecule has 0 aliphatic heterocycles. The number of H-pyrrole nitrogens is 1. The molecule has 9 heteroatoms. The number of hydrogen-bond donors (Lipinski definition) is 2. The van der Waals surface area contributed by atoms with Gasteiger partial charge in [0.05, 0.1) is 19.0 Å². The molecule has 36 heavy (non-hydrogen) atoms. The number of nitrogens with one attached hydrogen (secondary N) is 1. The van der Waals surface area contributed by atoms with E-state index in [1.54, 1.807) is 0 Å². The highest BCUT2D eigenvalue weighted by Gasteiger charge is 2.22. The van der Waals surface area contributed by atoms with Crippen LogP contribution in [0.25, 0.3) is 10.2 Å². The number of carbonyl (C=O) groups is 1. The average molecular weight is 508 g/mol. The van der Waals surface area contributed by atoms with Crippen LogP contribution in [0.4, 0.5) is 0 Å². The minimum Gasteiger partial charge on any atom is -0.491 e. The van der Waals surface area contributed by atoms with Crippen molar-refractivity contribution < 1.29 is 19.4 Å². The van der Waals surface area contributed by atoms with E-state index in [2.05, 4.69) is 9.97 Å². The number of thiophene rings is 1. The summed E-state index contributed by atoms with van der Waals surface area (Å²) in [5, 5.41) is 11.1. The SMILES string of the molecule is CCc1c(C(=O)OC)sc2nc(CN(Cc3ccccc3)C[C@@H](O)COc3ccccc3)[nH]c(=O)c12. The fraction of sp³-hybridized carbons (Fsp3) is 0.296. The van der Waals surface area contributed by atoms with E-state index in [1.807, 2.05) is 72.5 Å². The number of hydrogen-bond acceptors (Lipinski definition) is 8. The Labute approximate surface area is 213 Å². The van der Waals surface area contributed by atoms with Crippen LogP contribution < -0.4 is 10.3 Å². The Morgan fingerprint density at radius 2 is 1.81 bits per heavy atom. The lowest BCUT2D eigenvalue weighted by Gasteiger charge is -2.25. The lowest BCUT2D eigenvalue weighted by Crippen LogP contribution is -2.35. The number of nitrogens with zero attached hydrogens (tertiary/aromatic N) is 2. The summed E-state index contributed by atoms with van der Waals surface area (Å²) in [6.45, 7) is 3.17. The van der Waals surface area contributed by atoms with Crippen LogP contribution in [0.2, 0.25) is 0 Å². The van der Waals surface area contributed by atoms with Crippen molar-refractivity contribution in [3.05, 3.63) is 92.8 Å². The molecule has 0 spiro atoms. The van der Waals surface area contributed by atoms with Gasteiger partial charge in [-0.15, -0.1) is 11.3 Å². The van der Waals surface area contributed by atoms with Crippen molar-refractivity contribution in [2.75, 3.05) is 20.3 Å². The van der Waals surface area contributed by atoms with Crippen LogP contribution in [0.1, 0.15) is 33.5 Å². The molecule has 0 bridgehead atoms. The van der Waals surface area contributed by atoms with Crippen molar-refractivity contribution in [3.8, 4) is 5.75 Å². The number of ether oxygens (including phenoxy) is 2. The van der Waals surface area contributed by atoms with Crippen LogP contribution in [0.15, 0.2) is 65.5 Å². The highest BCUT2D eigenvalue weighted by molar-refractivity contribution is 7.20. The summed E-state index contributed by atoms with van der Waals surface area (Å²) in [5.74, 6) is 0.677. The van der Waals surface area contributed by atoms with Gasteiger partial charge in [0, 0.05) is 13.1 Å². The molecule has 0 unspecified atom stereocenters. The minimum atomic E-state index is -0.760. The van der Waals surface area contributed by atoms with E-state index in [9.17, 15) is 14.7 Å². The molecule has 0 aliphatic carbocycles. The van der Waals surface area contributed by atoms with E-state index < -0.39 is 12.1 Å². The first-order chi connectivity index (χ1) is 17.5. The van der Waals surface area contributed by atoms with Gasteiger partial charge in [-0.3, -0.25) is 9.69 Å². The van der Waals surface area contributed by atoms with Gasteiger partial charge in [0.2, 0.25) is 0 Å². The molecular formula is C27H29N3O5S. The number of fused-ring (bicyclic) bond motifs is 1. The van der Waals surface area contributed by atoms with Crippen molar-refractivity contribution in [3.63, 3.8) is 0 Å². The number of aromatic nitrogens is 2. The second-order valence-corrected chi connectivity index (χ2v) is 9.38.